The Balaban J connectivity index is 1.20. The van der Waals surface area contributed by atoms with Crippen molar-refractivity contribution in [2.45, 2.75) is 9.79 Å². The van der Waals surface area contributed by atoms with Gasteiger partial charge in [0.15, 0.2) is 0 Å². The van der Waals surface area contributed by atoms with Crippen LogP contribution in [0, 0.1) is 0 Å². The van der Waals surface area contributed by atoms with Gasteiger partial charge in [-0.25, -0.2) is 11.0 Å². The van der Waals surface area contributed by atoms with Gasteiger partial charge in [0.2, 0.25) is 23.8 Å². The van der Waals surface area contributed by atoms with Crippen molar-refractivity contribution in [1.82, 2.24) is 29.9 Å². The predicted octanol–water partition coefficient (Wildman–Crippen LogP) is 4.04. The molecule has 20 nitrogen and oxygen atoms in total. The largest absolute Gasteiger partial charge is 0.395 e. The molecular weight excluding hydrogens is 817 g/mol. The van der Waals surface area contributed by atoms with E-state index in [2.05, 4.69) is 51.5 Å². The minimum absolute atomic E-state index is 0.0733. The maximum atomic E-state index is 13.6. The van der Waals surface area contributed by atoms with Gasteiger partial charge in [-0.2, -0.15) is 46.7 Å². The van der Waals surface area contributed by atoms with E-state index >= 15 is 0 Å². The highest BCUT2D eigenvalue weighted by Crippen LogP contribution is 2.26. The first kappa shape index (κ1) is 42.8. The fourth-order valence-electron chi connectivity index (χ4n) is 5.22. The number of likely N-dealkylation sites (N-methyl/N-ethyl adjacent to an activating group) is 2. The highest BCUT2D eigenvalue weighted by molar-refractivity contribution is 7.87. The molecule has 6 N–H and O–H groups in total. The molecular formula is C38H40N12O8S2. The SMILES string of the molecule is CN(CCO)c1nc(NOS(=O)(=O)c2ccccc2C=Cc2ccccc2S(=O)(=O)ONc2nc(Nc3ccccc3)nc(N(C)CCO)n2)nc(Nc2ccccc2)n1. The molecule has 0 aliphatic carbocycles. The first-order valence-electron chi connectivity index (χ1n) is 18.0. The second-order valence-corrected chi connectivity index (χ2v) is 15.6. The summed E-state index contributed by atoms with van der Waals surface area (Å²) in [6.07, 6.45) is 2.81. The van der Waals surface area contributed by atoms with Crippen molar-refractivity contribution >= 4 is 79.5 Å². The number of aromatic nitrogens is 6. The minimum atomic E-state index is -4.55. The molecule has 0 atom stereocenters. The van der Waals surface area contributed by atoms with Crippen LogP contribution in [0.4, 0.5) is 47.1 Å². The van der Waals surface area contributed by atoms with Crippen molar-refractivity contribution in [2.24, 2.45) is 0 Å². The van der Waals surface area contributed by atoms with Crippen LogP contribution in [-0.2, 0) is 28.8 Å². The lowest BCUT2D eigenvalue weighted by molar-refractivity contribution is 0.303. The van der Waals surface area contributed by atoms with Gasteiger partial charge >= 0.3 is 20.2 Å². The van der Waals surface area contributed by atoms with Crippen LogP contribution in [0.5, 0.6) is 0 Å². The van der Waals surface area contributed by atoms with Crippen molar-refractivity contribution in [3.05, 3.63) is 120 Å². The lowest BCUT2D eigenvalue weighted by Crippen LogP contribution is -2.25. The van der Waals surface area contributed by atoms with Crippen molar-refractivity contribution in [2.75, 3.05) is 71.8 Å². The average Bonchev–Trinajstić information content (AvgIpc) is 3.25. The molecule has 22 heteroatoms. The zero-order chi connectivity index (χ0) is 42.5. The molecule has 0 aliphatic heterocycles. The molecule has 0 radical (unpaired) electrons. The summed E-state index contributed by atoms with van der Waals surface area (Å²) in [5.41, 5.74) is 6.21. The topological polar surface area (TPSA) is 259 Å². The lowest BCUT2D eigenvalue weighted by Gasteiger charge is -2.17. The predicted molar refractivity (Wildman–Crippen MR) is 225 cm³/mol. The summed E-state index contributed by atoms with van der Waals surface area (Å²) < 4.78 is 64.8. The molecule has 0 amide bonds. The van der Waals surface area contributed by atoms with Gasteiger partial charge in [0.1, 0.15) is 9.79 Å². The van der Waals surface area contributed by atoms with Gasteiger partial charge in [0, 0.05) is 38.6 Å². The van der Waals surface area contributed by atoms with Crippen LogP contribution in [0.25, 0.3) is 12.2 Å². The van der Waals surface area contributed by atoms with Crippen molar-refractivity contribution in [3.63, 3.8) is 0 Å². The third-order valence-electron chi connectivity index (χ3n) is 8.17. The van der Waals surface area contributed by atoms with Gasteiger partial charge in [-0.3, -0.25) is 0 Å². The highest BCUT2D eigenvalue weighted by Gasteiger charge is 2.23. The third-order valence-corrected chi connectivity index (χ3v) is 10.6. The van der Waals surface area contributed by atoms with E-state index in [9.17, 15) is 27.0 Å². The van der Waals surface area contributed by atoms with Crippen molar-refractivity contribution in [3.8, 4) is 0 Å². The standard InChI is InChI=1S/C38H40N12O8S2/c1-49(23-25-51)37-43-33(39-29-15-5-3-6-16-29)41-35(45-37)47-57-59(53,54)31-19-11-9-13-27(31)21-22-28-14-10-12-20-32(28)60(55,56)58-48-36-42-34(40-30-17-7-4-8-18-30)44-38(46-36)50(2)24-26-52/h3-22,51-52H,23-26H2,1-2H3,(H2,39,41,43,45,47)(H2,40,42,44,46,48). The highest BCUT2D eigenvalue weighted by atomic mass is 32.2. The van der Waals surface area contributed by atoms with E-state index in [4.69, 9.17) is 8.57 Å². The second kappa shape index (κ2) is 19.8. The van der Waals surface area contributed by atoms with E-state index in [0.717, 1.165) is 0 Å². The molecule has 0 spiro atoms. The van der Waals surface area contributed by atoms with Crippen LogP contribution in [-0.4, -0.2) is 97.4 Å². The Morgan fingerprint density at radius 1 is 0.517 bits per heavy atom. The summed E-state index contributed by atoms with van der Waals surface area (Å²) in [7, 11) is -5.83. The monoisotopic (exact) mass is 856 g/mol. The number of nitrogens with zero attached hydrogens (tertiary/aromatic N) is 8. The number of aliphatic hydroxyl groups excluding tert-OH is 2. The number of hydrogen-bond donors (Lipinski definition) is 6. The lowest BCUT2D eigenvalue weighted by atomic mass is 10.1. The normalized spacial score (nSPS) is 11.6. The molecule has 0 fully saturated rings. The van der Waals surface area contributed by atoms with Gasteiger partial charge in [-0.1, -0.05) is 84.9 Å². The van der Waals surface area contributed by atoms with Crippen LogP contribution < -0.4 is 31.4 Å². The molecule has 0 unspecified atom stereocenters. The fourth-order valence-corrected chi connectivity index (χ4v) is 7.11. The smallest absolute Gasteiger partial charge is 0.318 e. The average molecular weight is 857 g/mol. The molecule has 0 aliphatic rings. The van der Waals surface area contributed by atoms with Crippen molar-refractivity contribution in [1.29, 1.82) is 0 Å². The van der Waals surface area contributed by atoms with E-state index in [1.54, 1.807) is 60.3 Å². The molecule has 0 saturated heterocycles. The molecule has 6 aromatic rings. The number of benzene rings is 4. The van der Waals surface area contributed by atoms with E-state index in [1.807, 2.05) is 36.4 Å². The summed E-state index contributed by atoms with van der Waals surface area (Å²) in [6, 6.07) is 29.8. The molecule has 312 valence electrons. The van der Waals surface area contributed by atoms with Crippen LogP contribution in [0.3, 0.4) is 0 Å². The van der Waals surface area contributed by atoms with E-state index < -0.39 is 20.2 Å². The van der Waals surface area contributed by atoms with Gasteiger partial charge in [0.05, 0.1) is 13.2 Å². The second-order valence-electron chi connectivity index (χ2n) is 12.5. The Labute approximate surface area is 345 Å². The van der Waals surface area contributed by atoms with Gasteiger partial charge in [-0.05, 0) is 47.5 Å². The zero-order valence-electron chi connectivity index (χ0n) is 32.1. The summed E-state index contributed by atoms with van der Waals surface area (Å²) >= 11 is 0. The Bertz CT molecular complexity index is 2450. The Morgan fingerprint density at radius 2 is 0.867 bits per heavy atom. The van der Waals surface area contributed by atoms with Crippen molar-refractivity contribution < 1.29 is 35.6 Å². The van der Waals surface area contributed by atoms with Crippen LogP contribution in [0.2, 0.25) is 0 Å². The number of rotatable bonds is 20. The maximum Gasteiger partial charge on any atom is 0.318 e. The maximum absolute atomic E-state index is 13.6. The molecule has 0 saturated carbocycles. The number of nitrogens with one attached hydrogen (secondary N) is 4. The minimum Gasteiger partial charge on any atom is -0.395 e. The Hall–Kier alpha value is -6.82. The molecule has 4 aromatic carbocycles. The fraction of sp³-hybridized carbons (Fsp3) is 0.158. The molecule has 0 bridgehead atoms. The number of hydrogen-bond acceptors (Lipinski definition) is 20. The Kier molecular flexibility index (Phi) is 14.1. The van der Waals surface area contributed by atoms with E-state index in [1.165, 1.54) is 48.6 Å². The van der Waals surface area contributed by atoms with E-state index in [-0.39, 0.29) is 82.9 Å². The van der Waals surface area contributed by atoms with E-state index in [0.29, 0.717) is 11.4 Å². The van der Waals surface area contributed by atoms with Gasteiger partial charge in [0.25, 0.3) is 11.9 Å². The van der Waals surface area contributed by atoms with Crippen LogP contribution in [0.15, 0.2) is 119 Å². The summed E-state index contributed by atoms with van der Waals surface area (Å²) in [5.74, 6) is -0.117. The molecule has 60 heavy (non-hydrogen) atoms. The first-order chi connectivity index (χ1) is 28.9. The van der Waals surface area contributed by atoms with Gasteiger partial charge < -0.3 is 30.6 Å². The van der Waals surface area contributed by atoms with Crippen LogP contribution >= 0.6 is 0 Å². The quantitative estimate of drug-likeness (QED) is 0.0468. The molecule has 2 aromatic heterocycles. The number of anilines is 8. The number of para-hydroxylation sites is 2. The first-order valence-corrected chi connectivity index (χ1v) is 20.8. The third kappa shape index (κ3) is 11.4. The molecule has 2 heterocycles. The summed E-state index contributed by atoms with van der Waals surface area (Å²) in [4.78, 5) is 28.2. The Morgan fingerprint density at radius 3 is 1.25 bits per heavy atom. The zero-order valence-corrected chi connectivity index (χ0v) is 33.7. The van der Waals surface area contributed by atoms with Crippen LogP contribution in [0.1, 0.15) is 11.1 Å². The molecule has 6 rings (SSSR count). The summed E-state index contributed by atoms with van der Waals surface area (Å²) in [5, 5.41) is 24.9. The summed E-state index contributed by atoms with van der Waals surface area (Å²) in [6.45, 7) is -0.0277. The number of aliphatic hydroxyl groups is 2. The van der Waals surface area contributed by atoms with Gasteiger partial charge in [-0.15, -0.1) is 8.57 Å².